The van der Waals surface area contributed by atoms with E-state index in [0.29, 0.717) is 16.9 Å². The van der Waals surface area contributed by atoms with Crippen molar-refractivity contribution in [3.63, 3.8) is 0 Å². The van der Waals surface area contributed by atoms with Crippen LogP contribution in [0.1, 0.15) is 16.8 Å². The van der Waals surface area contributed by atoms with Crippen molar-refractivity contribution in [3.05, 3.63) is 54.4 Å². The van der Waals surface area contributed by atoms with Crippen molar-refractivity contribution < 1.29 is 14.4 Å². The minimum atomic E-state index is -0.934. The molecule has 7 nitrogen and oxygen atoms in total. The van der Waals surface area contributed by atoms with E-state index in [1.165, 1.54) is 0 Å². The van der Waals surface area contributed by atoms with Crippen LogP contribution < -0.4 is 16.0 Å². The third-order valence-corrected chi connectivity index (χ3v) is 3.40. The third kappa shape index (κ3) is 3.34. The molecule has 0 saturated heterocycles. The van der Waals surface area contributed by atoms with Crippen molar-refractivity contribution >= 4 is 29.1 Å². The minimum Gasteiger partial charge on any atom is -0.340 e. The van der Waals surface area contributed by atoms with Crippen LogP contribution in [-0.4, -0.2) is 28.7 Å². The van der Waals surface area contributed by atoms with Gasteiger partial charge in [0.1, 0.15) is 6.04 Å². The van der Waals surface area contributed by atoms with Crippen molar-refractivity contribution in [3.8, 4) is 0 Å². The van der Waals surface area contributed by atoms with Crippen LogP contribution in [0.15, 0.2) is 48.8 Å². The Morgan fingerprint density at radius 2 is 1.87 bits per heavy atom. The number of benzene rings is 1. The fourth-order valence-corrected chi connectivity index (χ4v) is 2.29. The number of rotatable bonds is 3. The van der Waals surface area contributed by atoms with E-state index >= 15 is 0 Å². The van der Waals surface area contributed by atoms with Crippen LogP contribution in [0.4, 0.5) is 11.4 Å². The molecule has 7 heteroatoms. The number of carbonyl (C=O) groups is 3. The highest BCUT2D eigenvalue weighted by Crippen LogP contribution is 2.19. The van der Waals surface area contributed by atoms with Crippen molar-refractivity contribution in [2.24, 2.45) is 0 Å². The van der Waals surface area contributed by atoms with Crippen LogP contribution in [0.25, 0.3) is 0 Å². The maximum absolute atomic E-state index is 12.2. The quantitative estimate of drug-likeness (QED) is 0.792. The molecule has 0 unspecified atom stereocenters. The summed E-state index contributed by atoms with van der Waals surface area (Å²) in [6, 6.07) is 9.04. The summed E-state index contributed by atoms with van der Waals surface area (Å²) in [6.45, 7) is 0. The molecule has 0 fully saturated rings. The summed E-state index contributed by atoms with van der Waals surface area (Å²) in [6.07, 6.45) is 2.94. The molecule has 3 N–H and O–H groups in total. The minimum absolute atomic E-state index is 0.159. The lowest BCUT2D eigenvalue weighted by molar-refractivity contribution is -0.122. The first-order chi connectivity index (χ1) is 11.1. The smallest absolute Gasteiger partial charge is 0.254 e. The highest BCUT2D eigenvalue weighted by atomic mass is 16.2. The molecule has 0 radical (unpaired) electrons. The molecule has 1 aliphatic heterocycles. The number of pyridine rings is 1. The third-order valence-electron chi connectivity index (χ3n) is 3.40. The molecule has 0 aliphatic carbocycles. The Labute approximate surface area is 132 Å². The molecule has 23 heavy (non-hydrogen) atoms. The average molecular weight is 310 g/mol. The van der Waals surface area contributed by atoms with Gasteiger partial charge in [0.15, 0.2) is 0 Å². The molecule has 3 rings (SSSR count). The van der Waals surface area contributed by atoms with Crippen molar-refractivity contribution in [2.75, 3.05) is 10.6 Å². The molecule has 2 heterocycles. The van der Waals surface area contributed by atoms with Crippen LogP contribution in [0.2, 0.25) is 0 Å². The Kier molecular flexibility index (Phi) is 4.01. The molecule has 1 aromatic heterocycles. The molecule has 1 atom stereocenters. The summed E-state index contributed by atoms with van der Waals surface area (Å²) in [7, 11) is 0. The molecule has 0 saturated carbocycles. The molecular weight excluding hydrogens is 296 g/mol. The predicted octanol–water partition coefficient (Wildman–Crippen LogP) is 1.16. The van der Waals surface area contributed by atoms with Gasteiger partial charge in [0.05, 0.1) is 17.7 Å². The van der Waals surface area contributed by atoms with E-state index < -0.39 is 11.9 Å². The summed E-state index contributed by atoms with van der Waals surface area (Å²) in [5.74, 6) is -1.18. The molecule has 3 amide bonds. The van der Waals surface area contributed by atoms with E-state index in [0.717, 1.165) is 0 Å². The van der Waals surface area contributed by atoms with Gasteiger partial charge in [0, 0.05) is 18.1 Å². The number of para-hydroxylation sites is 1. The Morgan fingerprint density at radius 3 is 2.65 bits per heavy atom. The Balaban J connectivity index is 1.70. The van der Waals surface area contributed by atoms with Crippen LogP contribution in [0, 0.1) is 0 Å². The first-order valence-electron chi connectivity index (χ1n) is 7.04. The Hall–Kier alpha value is -3.22. The summed E-state index contributed by atoms with van der Waals surface area (Å²) in [4.78, 5) is 40.3. The molecule has 2 aromatic rings. The van der Waals surface area contributed by atoms with Gasteiger partial charge in [-0.05, 0) is 24.3 Å². The monoisotopic (exact) mass is 310 g/mol. The van der Waals surface area contributed by atoms with Gasteiger partial charge in [0.2, 0.25) is 11.8 Å². The van der Waals surface area contributed by atoms with E-state index in [4.69, 9.17) is 0 Å². The van der Waals surface area contributed by atoms with Gasteiger partial charge in [-0.1, -0.05) is 12.1 Å². The second kappa shape index (κ2) is 6.27. The molecule has 1 aliphatic rings. The Bertz CT molecular complexity index is 761. The van der Waals surface area contributed by atoms with Gasteiger partial charge in [-0.2, -0.15) is 0 Å². The van der Waals surface area contributed by atoms with Gasteiger partial charge < -0.3 is 16.0 Å². The number of nitrogens with one attached hydrogen (secondary N) is 3. The van der Waals surface area contributed by atoms with Crippen molar-refractivity contribution in [2.45, 2.75) is 12.5 Å². The largest absolute Gasteiger partial charge is 0.340 e. The second-order valence-electron chi connectivity index (χ2n) is 5.05. The summed E-state index contributed by atoms with van der Waals surface area (Å²) >= 11 is 0. The lowest BCUT2D eigenvalue weighted by Crippen LogP contribution is -2.43. The lowest BCUT2D eigenvalue weighted by Gasteiger charge is -2.14. The number of aromatic nitrogens is 1. The van der Waals surface area contributed by atoms with Crippen molar-refractivity contribution in [1.29, 1.82) is 0 Å². The normalized spacial score (nSPS) is 16.6. The summed E-state index contributed by atoms with van der Waals surface area (Å²) in [5, 5.41) is 7.89. The van der Waals surface area contributed by atoms with Crippen LogP contribution in [-0.2, 0) is 9.59 Å². The van der Waals surface area contributed by atoms with Gasteiger partial charge in [-0.25, -0.2) is 0 Å². The van der Waals surface area contributed by atoms with Crippen LogP contribution in [0.5, 0.6) is 0 Å². The number of anilines is 2. The fourth-order valence-electron chi connectivity index (χ4n) is 2.29. The van der Waals surface area contributed by atoms with E-state index in [9.17, 15) is 14.4 Å². The first kappa shape index (κ1) is 14.7. The van der Waals surface area contributed by atoms with Gasteiger partial charge in [0.25, 0.3) is 5.91 Å². The number of fused-ring (bicyclic) bond motifs is 1. The zero-order valence-corrected chi connectivity index (χ0v) is 12.1. The SMILES string of the molecule is O=C(C[C@@H]1NC(=O)c2ccccc2NC1=O)Nc1ccncc1. The maximum atomic E-state index is 12.2. The first-order valence-corrected chi connectivity index (χ1v) is 7.04. The van der Waals surface area contributed by atoms with E-state index in [1.807, 2.05) is 0 Å². The Morgan fingerprint density at radius 1 is 1.13 bits per heavy atom. The van der Waals surface area contributed by atoms with Gasteiger partial charge in [-0.15, -0.1) is 0 Å². The standard InChI is InChI=1S/C16H14N4O3/c21-14(18-10-5-7-17-8-6-10)9-13-16(23)19-12-4-2-1-3-11(12)15(22)20-13/h1-8,13H,9H2,(H,19,23)(H,20,22)(H,17,18,21)/t13-/m0/s1. The molecular formula is C16H14N4O3. The summed E-state index contributed by atoms with van der Waals surface area (Å²) < 4.78 is 0. The van der Waals surface area contributed by atoms with Gasteiger partial charge >= 0.3 is 0 Å². The molecule has 1 aromatic carbocycles. The zero-order valence-electron chi connectivity index (χ0n) is 12.1. The molecule has 116 valence electrons. The van der Waals surface area contributed by atoms with Gasteiger partial charge in [-0.3, -0.25) is 19.4 Å². The maximum Gasteiger partial charge on any atom is 0.254 e. The highest BCUT2D eigenvalue weighted by molar-refractivity contribution is 6.11. The average Bonchev–Trinajstić information content (AvgIpc) is 2.66. The number of amides is 3. The number of carbonyl (C=O) groups excluding carboxylic acids is 3. The number of nitrogens with zero attached hydrogens (tertiary/aromatic N) is 1. The highest BCUT2D eigenvalue weighted by Gasteiger charge is 2.29. The second-order valence-corrected chi connectivity index (χ2v) is 5.05. The lowest BCUT2D eigenvalue weighted by atomic mass is 10.1. The fraction of sp³-hybridized carbons (Fsp3) is 0.125. The zero-order chi connectivity index (χ0) is 16.2. The predicted molar refractivity (Wildman–Crippen MR) is 83.8 cm³/mol. The van der Waals surface area contributed by atoms with E-state index in [2.05, 4.69) is 20.9 Å². The molecule has 0 bridgehead atoms. The van der Waals surface area contributed by atoms with E-state index in [-0.39, 0.29) is 18.2 Å². The van der Waals surface area contributed by atoms with Crippen LogP contribution >= 0.6 is 0 Å². The topological polar surface area (TPSA) is 100 Å². The number of hydrogen-bond acceptors (Lipinski definition) is 4. The van der Waals surface area contributed by atoms with Crippen LogP contribution in [0.3, 0.4) is 0 Å². The molecule has 0 spiro atoms. The van der Waals surface area contributed by atoms with Crippen molar-refractivity contribution in [1.82, 2.24) is 10.3 Å². The number of hydrogen-bond donors (Lipinski definition) is 3. The summed E-state index contributed by atoms with van der Waals surface area (Å²) in [5.41, 5.74) is 1.39. The van der Waals surface area contributed by atoms with E-state index in [1.54, 1.807) is 48.8 Å².